The average molecular weight is 396 g/mol. The van der Waals surface area contributed by atoms with Crippen LogP contribution in [0.1, 0.15) is 36.3 Å². The molecule has 8 heteroatoms. The molecule has 1 heterocycles. The molecular formula is C18H22ClN3O3S. The van der Waals surface area contributed by atoms with E-state index >= 15 is 0 Å². The third kappa shape index (κ3) is 4.74. The van der Waals surface area contributed by atoms with Crippen LogP contribution in [0.2, 0.25) is 5.02 Å². The molecule has 0 aliphatic carbocycles. The van der Waals surface area contributed by atoms with Crippen molar-refractivity contribution in [1.29, 1.82) is 0 Å². The number of nitrogens with one attached hydrogen (secondary N) is 1. The normalized spacial score (nSPS) is 10.6. The molecule has 2 amide bonds. The molecule has 0 unspecified atom stereocenters. The minimum absolute atomic E-state index is 0.0717. The minimum atomic E-state index is -0.221. The van der Waals surface area contributed by atoms with E-state index in [1.54, 1.807) is 33.0 Å². The maximum Gasteiger partial charge on any atom is 0.307 e. The molecule has 140 valence electrons. The Morgan fingerprint density at radius 2 is 1.96 bits per heavy atom. The van der Waals surface area contributed by atoms with Crippen LogP contribution in [-0.2, 0) is 11.3 Å². The molecule has 0 radical (unpaired) electrons. The smallest absolute Gasteiger partial charge is 0.307 e. The van der Waals surface area contributed by atoms with Crippen molar-refractivity contribution < 1.29 is 9.59 Å². The number of carbonyl (C=O) groups is 2. The van der Waals surface area contributed by atoms with Gasteiger partial charge in [0.05, 0.1) is 10.6 Å². The fourth-order valence-electron chi connectivity index (χ4n) is 2.56. The van der Waals surface area contributed by atoms with E-state index in [1.165, 1.54) is 0 Å². The number of amides is 2. The number of hydrogen-bond acceptors (Lipinski definition) is 4. The molecule has 0 atom stereocenters. The number of benzene rings is 1. The first-order valence-electron chi connectivity index (χ1n) is 8.41. The lowest BCUT2D eigenvalue weighted by atomic mass is 10.1. The zero-order valence-corrected chi connectivity index (χ0v) is 16.6. The van der Waals surface area contributed by atoms with Gasteiger partial charge in [-0.15, -0.1) is 0 Å². The Hall–Kier alpha value is -2.12. The molecule has 0 bridgehead atoms. The Kier molecular flexibility index (Phi) is 6.99. The van der Waals surface area contributed by atoms with Crippen molar-refractivity contribution in [1.82, 2.24) is 9.47 Å². The van der Waals surface area contributed by atoms with Crippen molar-refractivity contribution >= 4 is 40.4 Å². The van der Waals surface area contributed by atoms with Gasteiger partial charge in [0, 0.05) is 42.8 Å². The molecule has 0 saturated carbocycles. The lowest BCUT2D eigenvalue weighted by Crippen LogP contribution is -2.30. The number of halogens is 1. The van der Waals surface area contributed by atoms with Gasteiger partial charge in [0.1, 0.15) is 0 Å². The van der Waals surface area contributed by atoms with Crippen LogP contribution >= 0.6 is 22.9 Å². The molecule has 0 aliphatic rings. The van der Waals surface area contributed by atoms with Crippen LogP contribution in [0, 0.1) is 6.92 Å². The van der Waals surface area contributed by atoms with Gasteiger partial charge in [0.25, 0.3) is 5.91 Å². The van der Waals surface area contributed by atoms with Crippen LogP contribution in [0.25, 0.3) is 0 Å². The molecule has 0 saturated heterocycles. The van der Waals surface area contributed by atoms with Crippen LogP contribution in [0.15, 0.2) is 28.4 Å². The minimum Gasteiger partial charge on any atom is -0.339 e. The van der Waals surface area contributed by atoms with Crippen LogP contribution in [0.3, 0.4) is 0 Å². The maximum atomic E-state index is 12.4. The number of aryl methyl sites for hydroxylation is 1. The molecule has 0 aliphatic heterocycles. The van der Waals surface area contributed by atoms with Gasteiger partial charge < -0.3 is 14.8 Å². The van der Waals surface area contributed by atoms with E-state index in [4.69, 9.17) is 11.6 Å². The largest absolute Gasteiger partial charge is 0.339 e. The van der Waals surface area contributed by atoms with Gasteiger partial charge in [-0.3, -0.25) is 14.4 Å². The zero-order chi connectivity index (χ0) is 19.3. The van der Waals surface area contributed by atoms with E-state index in [-0.39, 0.29) is 23.1 Å². The van der Waals surface area contributed by atoms with Gasteiger partial charge in [-0.05, 0) is 39.0 Å². The summed E-state index contributed by atoms with van der Waals surface area (Å²) in [4.78, 5) is 37.8. The number of thiazole rings is 1. The first-order chi connectivity index (χ1) is 12.4. The highest BCUT2D eigenvalue weighted by atomic mass is 35.5. The Bertz CT molecular complexity index is 856. The second-order valence-corrected chi connectivity index (χ2v) is 6.99. The summed E-state index contributed by atoms with van der Waals surface area (Å²) in [5.74, 6) is -0.355. The van der Waals surface area contributed by atoms with Crippen LogP contribution in [0.5, 0.6) is 0 Å². The molecule has 1 aromatic carbocycles. The molecule has 26 heavy (non-hydrogen) atoms. The SMILES string of the molecule is CCN(CC)C(=O)c1ccc(NC(=O)CCn2c(C)csc2=O)cc1Cl. The average Bonchev–Trinajstić information content (AvgIpc) is 2.92. The fourth-order valence-corrected chi connectivity index (χ4v) is 3.58. The standard InChI is InChI=1S/C18H22ClN3O3S/c1-4-21(5-2)17(24)14-7-6-13(10-15(14)19)20-16(23)8-9-22-12(3)11-26-18(22)25/h6-7,10-11H,4-5,8-9H2,1-3H3,(H,20,23). The number of anilines is 1. The van der Waals surface area contributed by atoms with Crippen LogP contribution in [-0.4, -0.2) is 34.4 Å². The van der Waals surface area contributed by atoms with Gasteiger partial charge >= 0.3 is 4.87 Å². The number of hydrogen-bond donors (Lipinski definition) is 1. The van der Waals surface area contributed by atoms with E-state index in [9.17, 15) is 14.4 Å². The lowest BCUT2D eigenvalue weighted by Gasteiger charge is -2.19. The summed E-state index contributed by atoms with van der Waals surface area (Å²) >= 11 is 7.34. The topological polar surface area (TPSA) is 71.4 Å². The molecule has 0 fully saturated rings. The summed E-state index contributed by atoms with van der Waals surface area (Å²) in [6.45, 7) is 7.18. The summed E-state index contributed by atoms with van der Waals surface area (Å²) in [5.41, 5.74) is 1.77. The Morgan fingerprint density at radius 3 is 2.50 bits per heavy atom. The highest BCUT2D eigenvalue weighted by molar-refractivity contribution is 7.07. The van der Waals surface area contributed by atoms with E-state index in [0.29, 0.717) is 35.9 Å². The van der Waals surface area contributed by atoms with Crippen molar-refractivity contribution in [3.8, 4) is 0 Å². The fraction of sp³-hybridized carbons (Fsp3) is 0.389. The molecule has 0 spiro atoms. The highest BCUT2D eigenvalue weighted by Gasteiger charge is 2.16. The van der Waals surface area contributed by atoms with Crippen molar-refractivity contribution in [2.24, 2.45) is 0 Å². The van der Waals surface area contributed by atoms with Gasteiger partial charge in [0.15, 0.2) is 0 Å². The molecule has 1 N–H and O–H groups in total. The van der Waals surface area contributed by atoms with Crippen molar-refractivity contribution in [3.05, 3.63) is 49.5 Å². The number of rotatable bonds is 7. The van der Waals surface area contributed by atoms with Crippen molar-refractivity contribution in [2.45, 2.75) is 33.7 Å². The molecule has 2 rings (SSSR count). The Balaban J connectivity index is 2.01. The highest BCUT2D eigenvalue weighted by Crippen LogP contribution is 2.22. The number of nitrogens with zero attached hydrogens (tertiary/aromatic N) is 2. The van der Waals surface area contributed by atoms with E-state index in [1.807, 2.05) is 20.8 Å². The van der Waals surface area contributed by atoms with Crippen LogP contribution in [0.4, 0.5) is 5.69 Å². The van der Waals surface area contributed by atoms with Crippen molar-refractivity contribution in [3.63, 3.8) is 0 Å². The number of carbonyl (C=O) groups excluding carboxylic acids is 2. The summed E-state index contributed by atoms with van der Waals surface area (Å²) < 4.78 is 1.57. The second-order valence-electron chi connectivity index (χ2n) is 5.76. The van der Waals surface area contributed by atoms with Crippen molar-refractivity contribution in [2.75, 3.05) is 18.4 Å². The van der Waals surface area contributed by atoms with Crippen LogP contribution < -0.4 is 10.2 Å². The summed E-state index contributed by atoms with van der Waals surface area (Å²) in [7, 11) is 0. The third-order valence-corrected chi connectivity index (χ3v) is 5.27. The van der Waals surface area contributed by atoms with Gasteiger partial charge in [-0.2, -0.15) is 0 Å². The number of aromatic nitrogens is 1. The van der Waals surface area contributed by atoms with E-state index < -0.39 is 0 Å². The molecule has 6 nitrogen and oxygen atoms in total. The first-order valence-corrected chi connectivity index (χ1v) is 9.66. The molecule has 2 aromatic rings. The van der Waals surface area contributed by atoms with Gasteiger partial charge in [0.2, 0.25) is 5.91 Å². The van der Waals surface area contributed by atoms with E-state index in [0.717, 1.165) is 17.0 Å². The third-order valence-electron chi connectivity index (χ3n) is 4.07. The lowest BCUT2D eigenvalue weighted by molar-refractivity contribution is -0.116. The van der Waals surface area contributed by atoms with Gasteiger partial charge in [-0.25, -0.2) is 0 Å². The summed E-state index contributed by atoms with van der Waals surface area (Å²) in [6.07, 6.45) is 0.176. The van der Waals surface area contributed by atoms with E-state index in [2.05, 4.69) is 5.32 Å². The first kappa shape index (κ1) is 20.2. The molecule has 1 aromatic heterocycles. The Labute approximate surface area is 161 Å². The van der Waals surface area contributed by atoms with Gasteiger partial charge in [-0.1, -0.05) is 22.9 Å². The Morgan fingerprint density at radius 1 is 1.27 bits per heavy atom. The maximum absolute atomic E-state index is 12.4. The predicted octanol–water partition coefficient (Wildman–Crippen LogP) is 3.38. The monoisotopic (exact) mass is 395 g/mol. The second kappa shape index (κ2) is 9.00. The summed E-state index contributed by atoms with van der Waals surface area (Å²) in [5, 5.41) is 4.81. The summed E-state index contributed by atoms with van der Waals surface area (Å²) in [6, 6.07) is 4.84. The molecular weight excluding hydrogens is 374 g/mol. The zero-order valence-electron chi connectivity index (χ0n) is 15.0. The quantitative estimate of drug-likeness (QED) is 0.781. The predicted molar refractivity (Wildman–Crippen MR) is 105 cm³/mol.